The van der Waals surface area contributed by atoms with Crippen LogP contribution in [0.1, 0.15) is 18.9 Å². The molecule has 1 fully saturated rings. The molecule has 0 bridgehead atoms. The number of aliphatic hydroxyl groups excluding tert-OH is 3. The Morgan fingerprint density at radius 2 is 2.14 bits per heavy atom. The number of hydrogen-bond donors (Lipinski definition) is 5. The van der Waals surface area contributed by atoms with E-state index in [4.69, 9.17) is 4.74 Å². The zero-order valence-corrected chi connectivity index (χ0v) is 12.4. The summed E-state index contributed by atoms with van der Waals surface area (Å²) in [6, 6.07) is 0. The zero-order valence-electron chi connectivity index (χ0n) is 12.4. The third-order valence-corrected chi connectivity index (χ3v) is 4.00. The summed E-state index contributed by atoms with van der Waals surface area (Å²) in [6.07, 6.45) is -2.30. The molecule has 1 aliphatic heterocycles. The highest BCUT2D eigenvalue weighted by molar-refractivity contribution is 5.08. The number of H-pyrrole nitrogens is 1. The lowest BCUT2D eigenvalue weighted by atomic mass is 9.99. The molecule has 0 spiro atoms. The van der Waals surface area contributed by atoms with Gasteiger partial charge in [-0.05, 0) is 13.5 Å². The highest BCUT2D eigenvalue weighted by atomic mass is 16.6. The average Bonchev–Trinajstić information content (AvgIpc) is 2.75. The summed E-state index contributed by atoms with van der Waals surface area (Å²) in [5, 5.41) is 32.3. The van der Waals surface area contributed by atoms with Crippen molar-refractivity contribution in [2.45, 2.75) is 43.9 Å². The number of aromatic nitrogens is 2. The summed E-state index contributed by atoms with van der Waals surface area (Å²) < 4.78 is 6.66. The standard InChI is InChI=1S/C13H21N3O6/c1-3-13(10(19)9(18)8(6-17)22-13)16-5-7(4-14-2)11(20)15-12(16)21/h5,8-10,14,17-19H,3-4,6H2,1-2H3,(H,15,20,21)/t8-,9-,10-,13-/m1/s1. The second kappa shape index (κ2) is 6.31. The number of ether oxygens (including phenoxy) is 1. The molecule has 1 aromatic rings. The van der Waals surface area contributed by atoms with Crippen molar-refractivity contribution in [2.75, 3.05) is 13.7 Å². The molecule has 22 heavy (non-hydrogen) atoms. The van der Waals surface area contributed by atoms with Gasteiger partial charge in [0, 0.05) is 18.3 Å². The van der Waals surface area contributed by atoms with E-state index in [1.807, 2.05) is 0 Å². The van der Waals surface area contributed by atoms with E-state index in [-0.39, 0.29) is 18.5 Å². The van der Waals surface area contributed by atoms with Crippen LogP contribution in [-0.2, 0) is 17.0 Å². The van der Waals surface area contributed by atoms with Gasteiger partial charge in [-0.15, -0.1) is 0 Å². The Morgan fingerprint density at radius 3 is 2.64 bits per heavy atom. The molecule has 1 saturated heterocycles. The number of hydrogen-bond acceptors (Lipinski definition) is 7. The average molecular weight is 315 g/mol. The third kappa shape index (κ3) is 2.50. The summed E-state index contributed by atoms with van der Waals surface area (Å²) >= 11 is 0. The van der Waals surface area contributed by atoms with Gasteiger partial charge in [-0.1, -0.05) is 6.92 Å². The Hall–Kier alpha value is -1.52. The third-order valence-electron chi connectivity index (χ3n) is 4.00. The molecule has 0 unspecified atom stereocenters. The first-order valence-corrected chi connectivity index (χ1v) is 7.06. The molecule has 124 valence electrons. The molecule has 4 atom stereocenters. The monoisotopic (exact) mass is 315 g/mol. The van der Waals surface area contributed by atoms with Crippen LogP contribution >= 0.6 is 0 Å². The van der Waals surface area contributed by atoms with Crippen LogP contribution in [0.15, 0.2) is 15.8 Å². The largest absolute Gasteiger partial charge is 0.394 e. The molecular weight excluding hydrogens is 294 g/mol. The van der Waals surface area contributed by atoms with Crippen LogP contribution in [0.2, 0.25) is 0 Å². The van der Waals surface area contributed by atoms with Crippen molar-refractivity contribution in [3.05, 3.63) is 32.6 Å². The van der Waals surface area contributed by atoms with Crippen LogP contribution in [0.4, 0.5) is 0 Å². The minimum Gasteiger partial charge on any atom is -0.394 e. The predicted octanol–water partition coefficient (Wildman–Crippen LogP) is -2.57. The second-order valence-corrected chi connectivity index (χ2v) is 5.29. The maximum absolute atomic E-state index is 12.1. The van der Waals surface area contributed by atoms with Gasteiger partial charge in [0.05, 0.1) is 6.61 Å². The first-order valence-electron chi connectivity index (χ1n) is 7.06. The number of aliphatic hydroxyl groups is 3. The lowest BCUT2D eigenvalue weighted by molar-refractivity contribution is -0.152. The number of aromatic amines is 1. The van der Waals surface area contributed by atoms with Crippen molar-refractivity contribution < 1.29 is 20.1 Å². The Labute approximate surface area is 126 Å². The minimum atomic E-state index is -1.55. The quantitative estimate of drug-likeness (QED) is 0.403. The molecule has 0 aromatic carbocycles. The molecule has 2 rings (SSSR count). The fourth-order valence-electron chi connectivity index (χ4n) is 2.79. The lowest BCUT2D eigenvalue weighted by Crippen LogP contribution is -2.51. The van der Waals surface area contributed by atoms with Crippen molar-refractivity contribution in [3.63, 3.8) is 0 Å². The topological polar surface area (TPSA) is 137 Å². The smallest absolute Gasteiger partial charge is 0.330 e. The SMILES string of the molecule is CC[C@@]1(n2cc(CNC)c(=O)[nH]c2=O)O[C@H](CO)[C@@H](O)[C@H]1O. The van der Waals surface area contributed by atoms with Crippen molar-refractivity contribution in [1.82, 2.24) is 14.9 Å². The summed E-state index contributed by atoms with van der Waals surface area (Å²) in [5.74, 6) is 0. The highest BCUT2D eigenvalue weighted by Crippen LogP contribution is 2.37. The van der Waals surface area contributed by atoms with Gasteiger partial charge in [-0.25, -0.2) is 4.79 Å². The van der Waals surface area contributed by atoms with Crippen LogP contribution < -0.4 is 16.6 Å². The van der Waals surface area contributed by atoms with Crippen LogP contribution in [-0.4, -0.2) is 56.8 Å². The minimum absolute atomic E-state index is 0.159. The fourth-order valence-corrected chi connectivity index (χ4v) is 2.79. The molecule has 0 radical (unpaired) electrons. The highest BCUT2D eigenvalue weighted by Gasteiger charge is 2.54. The molecule has 0 amide bonds. The van der Waals surface area contributed by atoms with E-state index >= 15 is 0 Å². The Kier molecular flexibility index (Phi) is 4.83. The van der Waals surface area contributed by atoms with Gasteiger partial charge in [-0.3, -0.25) is 14.3 Å². The van der Waals surface area contributed by atoms with Gasteiger partial charge in [0.1, 0.15) is 18.3 Å². The Bertz CT molecular complexity index is 641. The summed E-state index contributed by atoms with van der Waals surface area (Å²) in [7, 11) is 1.65. The van der Waals surface area contributed by atoms with E-state index in [9.17, 15) is 24.9 Å². The van der Waals surface area contributed by atoms with Crippen LogP contribution in [0.25, 0.3) is 0 Å². The van der Waals surface area contributed by atoms with E-state index in [0.29, 0.717) is 0 Å². The fraction of sp³-hybridized carbons (Fsp3) is 0.692. The molecular formula is C13H21N3O6. The van der Waals surface area contributed by atoms with Crippen molar-refractivity contribution >= 4 is 0 Å². The van der Waals surface area contributed by atoms with Gasteiger partial charge in [-0.2, -0.15) is 0 Å². The number of rotatable bonds is 5. The van der Waals surface area contributed by atoms with Crippen molar-refractivity contribution in [2.24, 2.45) is 0 Å². The van der Waals surface area contributed by atoms with E-state index in [2.05, 4.69) is 10.3 Å². The molecule has 2 heterocycles. The first kappa shape index (κ1) is 16.8. The molecule has 1 aromatic heterocycles. The van der Waals surface area contributed by atoms with Gasteiger partial charge in [0.2, 0.25) is 0 Å². The van der Waals surface area contributed by atoms with Gasteiger partial charge < -0.3 is 25.4 Å². The molecule has 0 aliphatic carbocycles. The molecule has 9 heteroatoms. The molecule has 1 aliphatic rings. The lowest BCUT2D eigenvalue weighted by Gasteiger charge is -2.33. The molecule has 5 N–H and O–H groups in total. The van der Waals surface area contributed by atoms with E-state index in [0.717, 1.165) is 4.57 Å². The summed E-state index contributed by atoms with van der Waals surface area (Å²) in [4.78, 5) is 26.1. The Balaban J connectivity index is 2.59. The van der Waals surface area contributed by atoms with Crippen molar-refractivity contribution in [1.29, 1.82) is 0 Å². The van der Waals surface area contributed by atoms with Crippen LogP contribution in [0.5, 0.6) is 0 Å². The van der Waals surface area contributed by atoms with E-state index < -0.39 is 41.9 Å². The normalized spacial score (nSPS) is 31.6. The van der Waals surface area contributed by atoms with Gasteiger partial charge in [0.25, 0.3) is 5.56 Å². The molecule has 9 nitrogen and oxygen atoms in total. The first-order chi connectivity index (χ1) is 10.4. The van der Waals surface area contributed by atoms with Gasteiger partial charge >= 0.3 is 5.69 Å². The van der Waals surface area contributed by atoms with Crippen LogP contribution in [0.3, 0.4) is 0 Å². The van der Waals surface area contributed by atoms with Crippen LogP contribution in [0, 0.1) is 0 Å². The maximum Gasteiger partial charge on any atom is 0.330 e. The molecule has 0 saturated carbocycles. The second-order valence-electron chi connectivity index (χ2n) is 5.29. The van der Waals surface area contributed by atoms with Gasteiger partial charge in [0.15, 0.2) is 5.72 Å². The number of nitrogens with one attached hydrogen (secondary N) is 2. The Morgan fingerprint density at radius 1 is 1.45 bits per heavy atom. The predicted molar refractivity (Wildman–Crippen MR) is 76.3 cm³/mol. The van der Waals surface area contributed by atoms with E-state index in [1.165, 1.54) is 6.20 Å². The summed E-state index contributed by atoms with van der Waals surface area (Å²) in [5.41, 5.74) is -2.55. The number of nitrogens with zero attached hydrogens (tertiary/aromatic N) is 1. The van der Waals surface area contributed by atoms with E-state index in [1.54, 1.807) is 14.0 Å². The summed E-state index contributed by atoms with van der Waals surface area (Å²) in [6.45, 7) is 1.39. The maximum atomic E-state index is 12.1. The zero-order chi connectivity index (χ0) is 16.5. The van der Waals surface area contributed by atoms with Crippen molar-refractivity contribution in [3.8, 4) is 0 Å².